The van der Waals surface area contributed by atoms with Crippen LogP contribution in [0.15, 0.2) is 0 Å². The summed E-state index contributed by atoms with van der Waals surface area (Å²) in [6.45, 7) is 1.07. The predicted molar refractivity (Wildman–Crippen MR) is 26.0 cm³/mol. The predicted octanol–water partition coefficient (Wildman–Crippen LogP) is -2.32. The summed E-state index contributed by atoms with van der Waals surface area (Å²) in [4.78, 5) is 19.4. The number of hydroxylamine groups is 2. The van der Waals surface area contributed by atoms with E-state index in [2.05, 4.69) is 4.62 Å². The van der Waals surface area contributed by atoms with Crippen LogP contribution in [0.3, 0.4) is 0 Å². The van der Waals surface area contributed by atoms with Crippen LogP contribution in [0.4, 0.5) is 0 Å². The van der Waals surface area contributed by atoms with Crippen LogP contribution in [-0.4, -0.2) is 55.9 Å². The summed E-state index contributed by atoms with van der Waals surface area (Å²) in [5.41, 5.74) is 0. The van der Waals surface area contributed by atoms with Crippen molar-refractivity contribution in [2.45, 2.75) is 0 Å². The van der Waals surface area contributed by atoms with Crippen LogP contribution in [0.1, 0.15) is 0 Å². The van der Waals surface area contributed by atoms with E-state index in [1.807, 2.05) is 0 Å². The molecule has 0 saturated carbocycles. The van der Waals surface area contributed by atoms with Gasteiger partial charge < -0.3 is 14.4 Å². The number of hydrogen-bond donors (Lipinski definition) is 0. The third kappa shape index (κ3) is 5.76. The van der Waals surface area contributed by atoms with Gasteiger partial charge in [-0.05, 0) is 0 Å². The molecule has 9 heavy (non-hydrogen) atoms. The molecular formula is C2H4CaNO4P. The van der Waals surface area contributed by atoms with Gasteiger partial charge in [0.1, 0.15) is 0 Å². The van der Waals surface area contributed by atoms with Crippen LogP contribution in [0.2, 0.25) is 0 Å². The summed E-state index contributed by atoms with van der Waals surface area (Å²) < 4.78 is 13.5. The van der Waals surface area contributed by atoms with Gasteiger partial charge in [-0.15, -0.1) is 0 Å². The fourth-order valence-corrected chi connectivity index (χ4v) is 0.710. The van der Waals surface area contributed by atoms with E-state index < -0.39 is 7.82 Å². The maximum absolute atomic E-state index is 9.69. The first-order valence-corrected chi connectivity index (χ1v) is 3.51. The molecule has 0 unspecified atom stereocenters. The number of rotatable bonds is 2. The Morgan fingerprint density at radius 3 is 2.00 bits per heavy atom. The summed E-state index contributed by atoms with van der Waals surface area (Å²) in [6.07, 6.45) is 0. The minimum Gasteiger partial charge on any atom is -0.788 e. The smallest absolute Gasteiger partial charge is 0.788 e. The van der Waals surface area contributed by atoms with Crippen LogP contribution in [0.25, 0.3) is 0 Å². The van der Waals surface area contributed by atoms with E-state index in [1.54, 1.807) is 0 Å². The van der Waals surface area contributed by atoms with E-state index in [0.717, 1.165) is 5.06 Å². The molecule has 1 aliphatic rings. The van der Waals surface area contributed by atoms with Gasteiger partial charge in [0.2, 0.25) is 0 Å². The van der Waals surface area contributed by atoms with E-state index in [1.165, 1.54) is 0 Å². The van der Waals surface area contributed by atoms with E-state index in [4.69, 9.17) is 0 Å². The van der Waals surface area contributed by atoms with Crippen molar-refractivity contribution in [3.8, 4) is 0 Å². The Morgan fingerprint density at radius 1 is 1.44 bits per heavy atom. The molecule has 1 rings (SSSR count). The van der Waals surface area contributed by atoms with Crippen molar-refractivity contribution in [3.05, 3.63) is 0 Å². The number of hydrogen-bond acceptors (Lipinski definition) is 5. The molecule has 48 valence electrons. The molecule has 1 saturated heterocycles. The summed E-state index contributed by atoms with van der Waals surface area (Å²) in [7, 11) is -4.73. The first-order chi connectivity index (χ1) is 3.58. The van der Waals surface area contributed by atoms with Gasteiger partial charge in [-0.2, -0.15) is 5.06 Å². The standard InChI is InChI=1S/C2H6NO4P.Ca/c4-8(5,6)7-3-1-2-3;/h1-2H2,(H2,4,5,6);/q;+2/p-2. The second kappa shape index (κ2) is 3.64. The van der Waals surface area contributed by atoms with Gasteiger partial charge in [-0.3, -0.25) is 4.62 Å². The largest absolute Gasteiger partial charge is 2.00 e. The topological polar surface area (TPSA) is 75.4 Å². The van der Waals surface area contributed by atoms with Crippen molar-refractivity contribution in [2.75, 3.05) is 13.1 Å². The van der Waals surface area contributed by atoms with E-state index in [9.17, 15) is 14.4 Å². The summed E-state index contributed by atoms with van der Waals surface area (Å²) >= 11 is 0. The first kappa shape index (κ1) is 10.3. The third-order valence-electron chi connectivity index (χ3n) is 0.622. The zero-order chi connectivity index (χ0) is 6.20. The summed E-state index contributed by atoms with van der Waals surface area (Å²) in [6, 6.07) is 0. The molecule has 1 heterocycles. The summed E-state index contributed by atoms with van der Waals surface area (Å²) in [5.74, 6) is 0. The fourth-order valence-electron chi connectivity index (χ4n) is 0.264. The SMILES string of the molecule is O=P([O-])([O-])ON1CC1.[Ca+2]. The van der Waals surface area contributed by atoms with Crippen LogP contribution < -0.4 is 9.79 Å². The molecule has 0 atom stereocenters. The molecule has 0 N–H and O–H groups in total. The molecule has 1 aliphatic heterocycles. The minimum absolute atomic E-state index is 0. The zero-order valence-corrected chi connectivity index (χ0v) is 7.75. The van der Waals surface area contributed by atoms with Gasteiger partial charge >= 0.3 is 37.7 Å². The molecule has 1 fully saturated rings. The Kier molecular flexibility index (Phi) is 4.18. The van der Waals surface area contributed by atoms with Crippen LogP contribution >= 0.6 is 7.82 Å². The van der Waals surface area contributed by atoms with Crippen LogP contribution in [-0.2, 0) is 9.19 Å². The first-order valence-electron chi connectivity index (χ1n) is 2.05. The van der Waals surface area contributed by atoms with Gasteiger partial charge in [0.15, 0.2) is 0 Å². The Morgan fingerprint density at radius 2 is 1.89 bits per heavy atom. The zero-order valence-electron chi connectivity index (χ0n) is 4.65. The molecule has 0 spiro atoms. The van der Waals surface area contributed by atoms with Gasteiger partial charge in [0.25, 0.3) is 0 Å². The number of phosphoric acid groups is 1. The molecule has 7 heteroatoms. The summed E-state index contributed by atoms with van der Waals surface area (Å²) in [5, 5.41) is 1.07. The van der Waals surface area contributed by atoms with Gasteiger partial charge in [-0.25, -0.2) is 0 Å². The minimum atomic E-state index is -4.73. The van der Waals surface area contributed by atoms with Crippen molar-refractivity contribution < 1.29 is 19.0 Å². The van der Waals surface area contributed by atoms with Crippen LogP contribution in [0.5, 0.6) is 0 Å². The van der Waals surface area contributed by atoms with Crippen molar-refractivity contribution in [2.24, 2.45) is 0 Å². The Hall–Kier alpha value is 1.33. The molecule has 0 aromatic heterocycles. The average Bonchev–Trinajstić information content (AvgIpc) is 2.12. The maximum Gasteiger partial charge on any atom is 2.00 e. The van der Waals surface area contributed by atoms with Crippen molar-refractivity contribution in [1.82, 2.24) is 5.06 Å². The second-order valence-corrected chi connectivity index (χ2v) is 2.52. The van der Waals surface area contributed by atoms with Crippen LogP contribution in [0, 0.1) is 0 Å². The number of nitrogens with zero attached hydrogens (tertiary/aromatic N) is 1. The molecular weight excluding hydrogens is 173 g/mol. The second-order valence-electron chi connectivity index (χ2n) is 1.46. The molecule has 0 aliphatic carbocycles. The Bertz CT molecular complexity index is 131. The van der Waals surface area contributed by atoms with E-state index in [0.29, 0.717) is 13.1 Å². The van der Waals surface area contributed by atoms with Gasteiger partial charge in [0.05, 0.1) is 7.82 Å². The van der Waals surface area contributed by atoms with Crippen molar-refractivity contribution >= 4 is 45.6 Å². The molecule has 0 radical (unpaired) electrons. The Labute approximate surface area is 82.2 Å². The quantitative estimate of drug-likeness (QED) is 0.269. The van der Waals surface area contributed by atoms with Gasteiger partial charge in [0, 0.05) is 13.1 Å². The molecule has 0 bridgehead atoms. The maximum atomic E-state index is 9.69. The molecule has 0 aromatic rings. The van der Waals surface area contributed by atoms with Crippen molar-refractivity contribution in [1.29, 1.82) is 0 Å². The van der Waals surface area contributed by atoms with E-state index >= 15 is 0 Å². The normalized spacial score (nSPS) is 18.9. The Balaban J connectivity index is 0.000000640. The fraction of sp³-hybridized carbons (Fsp3) is 1.00. The van der Waals surface area contributed by atoms with Gasteiger partial charge in [-0.1, -0.05) is 0 Å². The van der Waals surface area contributed by atoms with Crippen molar-refractivity contribution in [3.63, 3.8) is 0 Å². The molecule has 5 nitrogen and oxygen atoms in total. The average molecular weight is 177 g/mol. The van der Waals surface area contributed by atoms with E-state index in [-0.39, 0.29) is 37.7 Å². The third-order valence-corrected chi connectivity index (χ3v) is 1.05. The molecule has 0 amide bonds. The molecule has 0 aromatic carbocycles. The monoisotopic (exact) mass is 177 g/mol.